The average Bonchev–Trinajstić information content (AvgIpc) is 2.74. The first-order valence-corrected chi connectivity index (χ1v) is 5.57. The highest BCUT2D eigenvalue weighted by atomic mass is 19.1. The summed E-state index contributed by atoms with van der Waals surface area (Å²) in [6.07, 6.45) is 3.36. The van der Waals surface area contributed by atoms with E-state index in [4.69, 9.17) is 4.42 Å². The Morgan fingerprint density at radius 2 is 2.25 bits per heavy atom. The molecular formula is C13H16FNO. The van der Waals surface area contributed by atoms with Gasteiger partial charge in [-0.3, -0.25) is 0 Å². The van der Waals surface area contributed by atoms with E-state index in [9.17, 15) is 4.39 Å². The zero-order valence-corrected chi connectivity index (χ0v) is 9.59. The van der Waals surface area contributed by atoms with Gasteiger partial charge in [0, 0.05) is 6.04 Å². The zero-order valence-electron chi connectivity index (χ0n) is 9.59. The van der Waals surface area contributed by atoms with Crippen LogP contribution in [0.4, 0.5) is 4.39 Å². The molecule has 0 radical (unpaired) electrons. The number of nitrogens with one attached hydrogen (secondary N) is 1. The van der Waals surface area contributed by atoms with Crippen molar-refractivity contribution in [3.05, 3.63) is 35.8 Å². The van der Waals surface area contributed by atoms with Crippen LogP contribution >= 0.6 is 0 Å². The quantitative estimate of drug-likeness (QED) is 0.858. The van der Waals surface area contributed by atoms with Crippen molar-refractivity contribution in [1.29, 1.82) is 0 Å². The van der Waals surface area contributed by atoms with E-state index in [0.717, 1.165) is 18.4 Å². The largest absolute Gasteiger partial charge is 0.464 e. The third-order valence-corrected chi connectivity index (χ3v) is 2.96. The van der Waals surface area contributed by atoms with Gasteiger partial charge in [-0.2, -0.15) is 0 Å². The maximum absolute atomic E-state index is 13.7. The highest BCUT2D eigenvalue weighted by molar-refractivity contribution is 5.78. The van der Waals surface area contributed by atoms with Crippen LogP contribution in [-0.4, -0.2) is 13.1 Å². The summed E-state index contributed by atoms with van der Waals surface area (Å²) >= 11 is 0. The van der Waals surface area contributed by atoms with Crippen molar-refractivity contribution in [1.82, 2.24) is 5.32 Å². The maximum Gasteiger partial charge on any atom is 0.137 e. The van der Waals surface area contributed by atoms with Gasteiger partial charge >= 0.3 is 0 Å². The van der Waals surface area contributed by atoms with Gasteiger partial charge in [0.15, 0.2) is 0 Å². The SMILES string of the molecule is CC[C@H](Cc1cc(F)c2ccoc2c1)NC. The van der Waals surface area contributed by atoms with Gasteiger partial charge in [0.05, 0.1) is 11.6 Å². The second-order valence-corrected chi connectivity index (χ2v) is 4.01. The second kappa shape index (κ2) is 4.66. The summed E-state index contributed by atoms with van der Waals surface area (Å²) in [7, 11) is 1.93. The van der Waals surface area contributed by atoms with Crippen molar-refractivity contribution in [3.8, 4) is 0 Å². The summed E-state index contributed by atoms with van der Waals surface area (Å²) in [6.45, 7) is 2.11. The second-order valence-electron chi connectivity index (χ2n) is 4.01. The van der Waals surface area contributed by atoms with E-state index in [-0.39, 0.29) is 5.82 Å². The molecule has 0 saturated carbocycles. The monoisotopic (exact) mass is 221 g/mol. The Morgan fingerprint density at radius 3 is 2.94 bits per heavy atom. The molecule has 3 heteroatoms. The van der Waals surface area contributed by atoms with Crippen LogP contribution in [0.3, 0.4) is 0 Å². The predicted octanol–water partition coefficient (Wildman–Crippen LogP) is 3.11. The van der Waals surface area contributed by atoms with Gasteiger partial charge in [-0.05, 0) is 43.7 Å². The standard InChI is InChI=1S/C13H16FNO/c1-3-10(15-2)6-9-7-12(14)11-4-5-16-13(11)8-9/h4-5,7-8,10,15H,3,6H2,1-2H3/t10-/m1/s1. The van der Waals surface area contributed by atoms with Crippen molar-refractivity contribution in [2.45, 2.75) is 25.8 Å². The number of hydrogen-bond acceptors (Lipinski definition) is 2. The zero-order chi connectivity index (χ0) is 11.5. The molecule has 1 aromatic heterocycles. The fourth-order valence-electron chi connectivity index (χ4n) is 1.93. The Labute approximate surface area is 94.4 Å². The Kier molecular flexibility index (Phi) is 3.25. The van der Waals surface area contributed by atoms with Crippen LogP contribution in [0.2, 0.25) is 0 Å². The number of rotatable bonds is 4. The summed E-state index contributed by atoms with van der Waals surface area (Å²) < 4.78 is 18.9. The third-order valence-electron chi connectivity index (χ3n) is 2.96. The number of benzene rings is 1. The molecule has 1 heterocycles. The molecule has 0 saturated heterocycles. The minimum absolute atomic E-state index is 0.202. The summed E-state index contributed by atoms with van der Waals surface area (Å²) in [5.41, 5.74) is 1.60. The highest BCUT2D eigenvalue weighted by Crippen LogP contribution is 2.22. The average molecular weight is 221 g/mol. The van der Waals surface area contributed by atoms with Crippen LogP contribution in [0.1, 0.15) is 18.9 Å². The maximum atomic E-state index is 13.7. The molecule has 16 heavy (non-hydrogen) atoms. The minimum Gasteiger partial charge on any atom is -0.464 e. The molecule has 2 nitrogen and oxygen atoms in total. The highest BCUT2D eigenvalue weighted by Gasteiger charge is 2.09. The van der Waals surface area contributed by atoms with E-state index in [1.165, 1.54) is 6.26 Å². The summed E-state index contributed by atoms with van der Waals surface area (Å²) in [5, 5.41) is 3.77. The first kappa shape index (κ1) is 11.1. The summed E-state index contributed by atoms with van der Waals surface area (Å²) in [6, 6.07) is 5.55. The number of halogens is 1. The smallest absolute Gasteiger partial charge is 0.137 e. The molecule has 86 valence electrons. The van der Waals surface area contributed by atoms with E-state index in [2.05, 4.69) is 12.2 Å². The lowest BCUT2D eigenvalue weighted by Crippen LogP contribution is -2.26. The minimum atomic E-state index is -0.202. The molecule has 1 N–H and O–H groups in total. The van der Waals surface area contributed by atoms with Crippen LogP contribution < -0.4 is 5.32 Å². The molecule has 0 amide bonds. The van der Waals surface area contributed by atoms with E-state index in [0.29, 0.717) is 17.0 Å². The van der Waals surface area contributed by atoms with Crippen LogP contribution in [0.5, 0.6) is 0 Å². The van der Waals surface area contributed by atoms with Crippen molar-refractivity contribution in [2.75, 3.05) is 7.05 Å². The molecule has 0 unspecified atom stereocenters. The first-order chi connectivity index (χ1) is 7.74. The third kappa shape index (κ3) is 2.09. The lowest BCUT2D eigenvalue weighted by atomic mass is 10.0. The molecule has 1 atom stereocenters. The van der Waals surface area contributed by atoms with Crippen LogP contribution in [0, 0.1) is 5.82 Å². The molecule has 0 aliphatic carbocycles. The Balaban J connectivity index is 2.30. The number of fused-ring (bicyclic) bond motifs is 1. The summed E-state index contributed by atoms with van der Waals surface area (Å²) in [5.74, 6) is -0.202. The molecule has 0 bridgehead atoms. The molecule has 1 aromatic carbocycles. The van der Waals surface area contributed by atoms with Crippen molar-refractivity contribution in [2.24, 2.45) is 0 Å². The summed E-state index contributed by atoms with van der Waals surface area (Å²) in [4.78, 5) is 0. The number of likely N-dealkylation sites (N-methyl/N-ethyl adjacent to an activating group) is 1. The van der Waals surface area contributed by atoms with Gasteiger partial charge in [0.2, 0.25) is 0 Å². The van der Waals surface area contributed by atoms with E-state index in [1.54, 1.807) is 12.1 Å². The van der Waals surface area contributed by atoms with Gasteiger partial charge in [-0.25, -0.2) is 4.39 Å². The normalized spacial score (nSPS) is 13.2. The topological polar surface area (TPSA) is 25.2 Å². The van der Waals surface area contributed by atoms with Crippen molar-refractivity contribution >= 4 is 11.0 Å². The molecule has 0 aliphatic heterocycles. The number of hydrogen-bond donors (Lipinski definition) is 1. The molecule has 0 spiro atoms. The molecule has 0 fully saturated rings. The van der Waals surface area contributed by atoms with E-state index >= 15 is 0 Å². The number of furan rings is 1. The fraction of sp³-hybridized carbons (Fsp3) is 0.385. The molecule has 2 aromatic rings. The van der Waals surface area contributed by atoms with Gasteiger partial charge in [0.1, 0.15) is 11.4 Å². The fourth-order valence-corrected chi connectivity index (χ4v) is 1.93. The Hall–Kier alpha value is -1.35. The Bertz CT molecular complexity index is 474. The lowest BCUT2D eigenvalue weighted by molar-refractivity contribution is 0.540. The molecule has 2 rings (SSSR count). The van der Waals surface area contributed by atoms with Crippen LogP contribution in [0.25, 0.3) is 11.0 Å². The van der Waals surface area contributed by atoms with Crippen LogP contribution in [-0.2, 0) is 6.42 Å². The molecule has 0 aliphatic rings. The van der Waals surface area contributed by atoms with Crippen molar-refractivity contribution < 1.29 is 8.81 Å². The molecular weight excluding hydrogens is 205 g/mol. The van der Waals surface area contributed by atoms with Gasteiger partial charge in [0.25, 0.3) is 0 Å². The van der Waals surface area contributed by atoms with Crippen molar-refractivity contribution in [3.63, 3.8) is 0 Å². The van der Waals surface area contributed by atoms with Gasteiger partial charge in [-0.1, -0.05) is 6.92 Å². The van der Waals surface area contributed by atoms with Gasteiger partial charge < -0.3 is 9.73 Å². The lowest BCUT2D eigenvalue weighted by Gasteiger charge is -2.13. The van der Waals surface area contributed by atoms with Crippen LogP contribution in [0.15, 0.2) is 28.9 Å². The van der Waals surface area contributed by atoms with E-state index in [1.807, 2.05) is 13.1 Å². The van der Waals surface area contributed by atoms with Gasteiger partial charge in [-0.15, -0.1) is 0 Å². The Morgan fingerprint density at radius 1 is 1.44 bits per heavy atom. The van der Waals surface area contributed by atoms with E-state index < -0.39 is 0 Å². The first-order valence-electron chi connectivity index (χ1n) is 5.57. The predicted molar refractivity (Wildman–Crippen MR) is 63.0 cm³/mol.